The number of ether oxygens (including phenoxy) is 1. The highest BCUT2D eigenvalue weighted by molar-refractivity contribution is 6.31. The van der Waals surface area contributed by atoms with Crippen molar-refractivity contribution >= 4 is 17.5 Å². The number of benzene rings is 1. The lowest BCUT2D eigenvalue weighted by molar-refractivity contribution is 0.459. The third-order valence-corrected chi connectivity index (χ3v) is 2.29. The predicted molar refractivity (Wildman–Crippen MR) is 62.7 cm³/mol. The van der Waals surface area contributed by atoms with Gasteiger partial charge in [0.15, 0.2) is 0 Å². The number of halogens is 1. The highest BCUT2D eigenvalue weighted by Gasteiger charge is 2.07. The van der Waals surface area contributed by atoms with Gasteiger partial charge in [0.25, 0.3) is 0 Å². The minimum absolute atomic E-state index is 0.132. The fraction of sp³-hybridized carbons (Fsp3) is 0.0909. The molecule has 0 aliphatic rings. The lowest BCUT2D eigenvalue weighted by Gasteiger charge is -2.08. The summed E-state index contributed by atoms with van der Waals surface area (Å²) < 4.78 is 5.56. The summed E-state index contributed by atoms with van der Waals surface area (Å²) in [5, 5.41) is 0.331. The van der Waals surface area contributed by atoms with Crippen LogP contribution in [0.15, 0.2) is 30.5 Å². The molecule has 0 aliphatic heterocycles. The molecule has 0 saturated heterocycles. The molecule has 0 unspecified atom stereocenters. The highest BCUT2D eigenvalue weighted by Crippen LogP contribution is 2.28. The molecule has 0 atom stereocenters. The van der Waals surface area contributed by atoms with E-state index in [2.05, 4.69) is 9.97 Å². The fourth-order valence-electron chi connectivity index (χ4n) is 1.21. The molecule has 0 bridgehead atoms. The van der Waals surface area contributed by atoms with Crippen LogP contribution in [0.1, 0.15) is 5.56 Å². The van der Waals surface area contributed by atoms with E-state index in [0.29, 0.717) is 10.8 Å². The maximum Gasteiger partial charge on any atom is 0.243 e. The molecule has 1 aromatic carbocycles. The summed E-state index contributed by atoms with van der Waals surface area (Å²) in [6.07, 6.45) is 1.41. The van der Waals surface area contributed by atoms with E-state index in [4.69, 9.17) is 22.1 Å². The Morgan fingerprint density at radius 1 is 1.31 bits per heavy atom. The van der Waals surface area contributed by atoms with Gasteiger partial charge in [0.05, 0.1) is 6.20 Å². The Morgan fingerprint density at radius 3 is 2.81 bits per heavy atom. The lowest BCUT2D eigenvalue weighted by Crippen LogP contribution is -1.97. The summed E-state index contributed by atoms with van der Waals surface area (Å²) in [6, 6.07) is 7.58. The first-order chi connectivity index (χ1) is 7.66. The molecule has 5 heteroatoms. The number of nitrogens with zero attached hydrogens (tertiary/aromatic N) is 2. The molecule has 0 amide bonds. The van der Waals surface area contributed by atoms with Gasteiger partial charge in [-0.3, -0.25) is 0 Å². The number of anilines is 1. The SMILES string of the molecule is Cc1ccccc1Oc1nc(N)ncc1Cl. The van der Waals surface area contributed by atoms with Crippen molar-refractivity contribution in [2.75, 3.05) is 5.73 Å². The van der Waals surface area contributed by atoms with Crippen molar-refractivity contribution in [2.24, 2.45) is 0 Å². The number of nitrogen functional groups attached to an aromatic ring is 1. The second-order valence-electron chi connectivity index (χ2n) is 3.25. The van der Waals surface area contributed by atoms with Crippen molar-refractivity contribution in [1.29, 1.82) is 0 Å². The number of para-hydroxylation sites is 1. The van der Waals surface area contributed by atoms with Crippen LogP contribution in [0.25, 0.3) is 0 Å². The maximum atomic E-state index is 5.89. The molecule has 0 radical (unpaired) electrons. The van der Waals surface area contributed by atoms with Gasteiger partial charge in [-0.1, -0.05) is 29.8 Å². The molecule has 4 nitrogen and oxygen atoms in total. The minimum atomic E-state index is 0.132. The van der Waals surface area contributed by atoms with Crippen LogP contribution in [0.2, 0.25) is 5.02 Å². The van der Waals surface area contributed by atoms with Crippen molar-refractivity contribution in [3.63, 3.8) is 0 Å². The van der Waals surface area contributed by atoms with E-state index in [9.17, 15) is 0 Å². The Bertz CT molecular complexity index is 516. The van der Waals surface area contributed by atoms with E-state index in [-0.39, 0.29) is 11.8 Å². The number of hydrogen-bond donors (Lipinski definition) is 1. The third kappa shape index (κ3) is 2.23. The average Bonchev–Trinajstić information content (AvgIpc) is 2.27. The zero-order chi connectivity index (χ0) is 11.5. The van der Waals surface area contributed by atoms with Crippen LogP contribution < -0.4 is 10.5 Å². The van der Waals surface area contributed by atoms with Gasteiger partial charge in [-0.05, 0) is 18.6 Å². The summed E-state index contributed by atoms with van der Waals surface area (Å²) in [6.45, 7) is 1.94. The highest BCUT2D eigenvalue weighted by atomic mass is 35.5. The first-order valence-electron chi connectivity index (χ1n) is 4.68. The molecule has 2 rings (SSSR count). The smallest absolute Gasteiger partial charge is 0.243 e. The predicted octanol–water partition coefficient (Wildman–Crippen LogP) is 2.81. The zero-order valence-corrected chi connectivity index (χ0v) is 9.40. The van der Waals surface area contributed by atoms with Crippen LogP contribution in [0, 0.1) is 6.92 Å². The van der Waals surface area contributed by atoms with Crippen molar-refractivity contribution < 1.29 is 4.74 Å². The Hall–Kier alpha value is -1.81. The standard InChI is InChI=1S/C11H10ClN3O/c1-7-4-2-3-5-9(7)16-10-8(12)6-14-11(13)15-10/h2-6H,1H3,(H2,13,14,15). The Kier molecular flexibility index (Phi) is 2.92. The minimum Gasteiger partial charge on any atom is -0.437 e. The first kappa shape index (κ1) is 10.7. The zero-order valence-electron chi connectivity index (χ0n) is 8.64. The molecule has 1 heterocycles. The van der Waals surface area contributed by atoms with Crippen LogP contribution in [-0.2, 0) is 0 Å². The Morgan fingerprint density at radius 2 is 2.06 bits per heavy atom. The molecule has 2 aromatic rings. The van der Waals surface area contributed by atoms with Gasteiger partial charge in [-0.25, -0.2) is 4.98 Å². The van der Waals surface area contributed by atoms with Crippen LogP contribution in [0.5, 0.6) is 11.6 Å². The quantitative estimate of drug-likeness (QED) is 0.870. The van der Waals surface area contributed by atoms with Gasteiger partial charge in [-0.2, -0.15) is 4.98 Å². The van der Waals surface area contributed by atoms with Crippen LogP contribution in [-0.4, -0.2) is 9.97 Å². The summed E-state index contributed by atoms with van der Waals surface area (Å²) in [5.74, 6) is 1.10. The van der Waals surface area contributed by atoms with E-state index in [1.54, 1.807) is 0 Å². The second-order valence-corrected chi connectivity index (χ2v) is 3.66. The van der Waals surface area contributed by atoms with Crippen LogP contribution in [0.3, 0.4) is 0 Å². The molecule has 16 heavy (non-hydrogen) atoms. The molecule has 1 aromatic heterocycles. The van der Waals surface area contributed by atoms with Crippen molar-refractivity contribution in [2.45, 2.75) is 6.92 Å². The van der Waals surface area contributed by atoms with E-state index in [1.165, 1.54) is 6.20 Å². The fourth-order valence-corrected chi connectivity index (χ4v) is 1.34. The average molecular weight is 236 g/mol. The van der Waals surface area contributed by atoms with E-state index in [0.717, 1.165) is 5.56 Å². The molecule has 82 valence electrons. The largest absolute Gasteiger partial charge is 0.437 e. The number of aromatic nitrogens is 2. The molecular formula is C11H10ClN3O. The number of aryl methyl sites for hydroxylation is 1. The summed E-state index contributed by atoms with van der Waals surface area (Å²) in [4.78, 5) is 7.68. The Balaban J connectivity index is 2.34. The monoisotopic (exact) mass is 235 g/mol. The number of rotatable bonds is 2. The number of hydrogen-bond acceptors (Lipinski definition) is 4. The number of nitrogens with two attached hydrogens (primary N) is 1. The van der Waals surface area contributed by atoms with Gasteiger partial charge in [0.2, 0.25) is 11.8 Å². The normalized spacial score (nSPS) is 10.1. The van der Waals surface area contributed by atoms with E-state index < -0.39 is 0 Å². The summed E-state index contributed by atoms with van der Waals surface area (Å²) in [5.41, 5.74) is 6.45. The van der Waals surface area contributed by atoms with Gasteiger partial charge in [-0.15, -0.1) is 0 Å². The molecule has 0 fully saturated rings. The van der Waals surface area contributed by atoms with E-state index in [1.807, 2.05) is 31.2 Å². The summed E-state index contributed by atoms with van der Waals surface area (Å²) in [7, 11) is 0. The molecule has 0 aliphatic carbocycles. The van der Waals surface area contributed by atoms with E-state index >= 15 is 0 Å². The van der Waals surface area contributed by atoms with Crippen LogP contribution in [0.4, 0.5) is 5.95 Å². The third-order valence-electron chi connectivity index (χ3n) is 2.03. The molecule has 2 N–H and O–H groups in total. The molecule has 0 saturated carbocycles. The molecule has 0 spiro atoms. The van der Waals surface area contributed by atoms with Gasteiger partial charge in [0.1, 0.15) is 10.8 Å². The van der Waals surface area contributed by atoms with Crippen molar-refractivity contribution in [1.82, 2.24) is 9.97 Å². The van der Waals surface area contributed by atoms with Gasteiger partial charge < -0.3 is 10.5 Å². The lowest BCUT2D eigenvalue weighted by atomic mass is 10.2. The summed E-state index contributed by atoms with van der Waals surface area (Å²) >= 11 is 5.89. The Labute approximate surface area is 98.0 Å². The van der Waals surface area contributed by atoms with Crippen molar-refractivity contribution in [3.05, 3.63) is 41.0 Å². The molecular weight excluding hydrogens is 226 g/mol. The first-order valence-corrected chi connectivity index (χ1v) is 5.06. The van der Waals surface area contributed by atoms with Crippen molar-refractivity contribution in [3.8, 4) is 11.6 Å². The topological polar surface area (TPSA) is 61.0 Å². The second kappa shape index (κ2) is 4.37. The maximum absolute atomic E-state index is 5.89. The van der Waals surface area contributed by atoms with Gasteiger partial charge in [0, 0.05) is 0 Å². The van der Waals surface area contributed by atoms with Crippen LogP contribution >= 0.6 is 11.6 Å². The van der Waals surface area contributed by atoms with Gasteiger partial charge >= 0.3 is 0 Å².